The van der Waals surface area contributed by atoms with Gasteiger partial charge in [0.2, 0.25) is 0 Å². The Bertz CT molecular complexity index is 1130. The summed E-state index contributed by atoms with van der Waals surface area (Å²) in [5.41, 5.74) is 3.96. The number of carbonyl (C=O) groups excluding carboxylic acids is 2. The van der Waals surface area contributed by atoms with Crippen molar-refractivity contribution in [3.05, 3.63) is 58.7 Å². The van der Waals surface area contributed by atoms with E-state index < -0.39 is 0 Å². The summed E-state index contributed by atoms with van der Waals surface area (Å²) < 4.78 is 0. The molecule has 1 saturated carbocycles. The molecule has 0 saturated heterocycles. The number of carbonyl (C=O) groups is 2. The van der Waals surface area contributed by atoms with Crippen molar-refractivity contribution in [3.63, 3.8) is 0 Å². The van der Waals surface area contributed by atoms with Gasteiger partial charge in [-0.1, -0.05) is 0 Å². The van der Waals surface area contributed by atoms with Crippen LogP contribution >= 0.6 is 0 Å². The summed E-state index contributed by atoms with van der Waals surface area (Å²) in [6, 6.07) is 12.7. The molecule has 4 rings (SSSR count). The Morgan fingerprint density at radius 2 is 1.94 bits per heavy atom. The van der Waals surface area contributed by atoms with E-state index in [0.717, 1.165) is 30.6 Å². The smallest absolute Gasteiger partial charge is 0.257 e. The topological polar surface area (TPSA) is 118 Å². The summed E-state index contributed by atoms with van der Waals surface area (Å²) in [6.45, 7) is 5.16. The molecule has 0 radical (unpaired) electrons. The molecule has 8 heteroatoms. The highest BCUT2D eigenvalue weighted by molar-refractivity contribution is 6.06. The highest BCUT2D eigenvalue weighted by Gasteiger charge is 2.27. The molecular formula is C24H26N6O2. The van der Waals surface area contributed by atoms with Gasteiger partial charge >= 0.3 is 0 Å². The number of rotatable bonds is 6. The maximum Gasteiger partial charge on any atom is 0.257 e. The Morgan fingerprint density at radius 1 is 1.12 bits per heavy atom. The van der Waals surface area contributed by atoms with Crippen molar-refractivity contribution in [2.24, 2.45) is 4.99 Å². The molecule has 164 valence electrons. The van der Waals surface area contributed by atoms with Gasteiger partial charge < -0.3 is 16.0 Å². The van der Waals surface area contributed by atoms with Crippen LogP contribution in [0.15, 0.2) is 41.4 Å². The normalized spacial score (nSPS) is 14.9. The molecule has 0 aromatic heterocycles. The number of amides is 2. The zero-order valence-corrected chi connectivity index (χ0v) is 18.2. The summed E-state index contributed by atoms with van der Waals surface area (Å²) in [7, 11) is 0. The monoisotopic (exact) mass is 430 g/mol. The summed E-state index contributed by atoms with van der Waals surface area (Å²) in [5, 5.41) is 21.5. The van der Waals surface area contributed by atoms with Crippen molar-refractivity contribution < 1.29 is 9.59 Å². The first-order valence-corrected chi connectivity index (χ1v) is 10.8. The van der Waals surface area contributed by atoms with E-state index in [9.17, 15) is 14.9 Å². The van der Waals surface area contributed by atoms with Crippen LogP contribution < -0.4 is 21.3 Å². The third-order valence-corrected chi connectivity index (χ3v) is 5.26. The lowest BCUT2D eigenvalue weighted by Gasteiger charge is -2.15. The second-order valence-corrected chi connectivity index (χ2v) is 8.35. The van der Waals surface area contributed by atoms with Crippen LogP contribution in [-0.4, -0.2) is 36.9 Å². The first-order valence-electron chi connectivity index (χ1n) is 10.8. The molecule has 0 spiro atoms. The quantitative estimate of drug-likeness (QED) is 0.562. The number of aliphatic imine (C=N–C) groups is 1. The van der Waals surface area contributed by atoms with E-state index in [4.69, 9.17) is 0 Å². The molecule has 32 heavy (non-hydrogen) atoms. The lowest BCUT2D eigenvalue weighted by molar-refractivity contribution is 0.0941. The average molecular weight is 431 g/mol. The number of nitrogens with one attached hydrogen (secondary N) is 4. The summed E-state index contributed by atoms with van der Waals surface area (Å²) >= 11 is 0. The Balaban J connectivity index is 1.59. The zero-order valence-electron chi connectivity index (χ0n) is 18.2. The third-order valence-electron chi connectivity index (χ3n) is 5.26. The van der Waals surface area contributed by atoms with Crippen LogP contribution in [0.5, 0.6) is 0 Å². The molecule has 0 atom stereocenters. The van der Waals surface area contributed by atoms with Crippen LogP contribution in [-0.2, 0) is 0 Å². The average Bonchev–Trinajstić information content (AvgIpc) is 3.49. The van der Waals surface area contributed by atoms with E-state index in [1.807, 2.05) is 26.0 Å². The largest absolute Gasteiger partial charge is 0.355 e. The van der Waals surface area contributed by atoms with Gasteiger partial charge in [-0.25, -0.2) is 0 Å². The fourth-order valence-corrected chi connectivity index (χ4v) is 3.61. The molecule has 0 unspecified atom stereocenters. The van der Waals surface area contributed by atoms with Gasteiger partial charge in [0.1, 0.15) is 0 Å². The van der Waals surface area contributed by atoms with Crippen LogP contribution in [0, 0.1) is 11.3 Å². The summed E-state index contributed by atoms with van der Waals surface area (Å²) in [5.74, 6) is 0.462. The number of hydrogen-bond donors (Lipinski definition) is 4. The Kier molecular flexibility index (Phi) is 6.08. The molecule has 1 heterocycles. The molecule has 4 N–H and O–H groups in total. The van der Waals surface area contributed by atoms with Gasteiger partial charge in [0.25, 0.3) is 11.8 Å². The van der Waals surface area contributed by atoms with Crippen LogP contribution in [0.4, 0.5) is 11.4 Å². The molecule has 1 fully saturated rings. The van der Waals surface area contributed by atoms with Crippen LogP contribution in [0.25, 0.3) is 0 Å². The molecule has 0 bridgehead atoms. The van der Waals surface area contributed by atoms with Gasteiger partial charge in [-0.3, -0.25) is 19.9 Å². The number of anilines is 2. The van der Waals surface area contributed by atoms with Crippen LogP contribution in [0.3, 0.4) is 0 Å². The zero-order chi connectivity index (χ0) is 22.7. The molecule has 2 amide bonds. The highest BCUT2D eigenvalue weighted by atomic mass is 16.2. The molecule has 2 aliphatic rings. The molecule has 8 nitrogen and oxygen atoms in total. The highest BCUT2D eigenvalue weighted by Crippen LogP contribution is 2.44. The van der Waals surface area contributed by atoms with Gasteiger partial charge in [0.15, 0.2) is 5.96 Å². The third kappa shape index (κ3) is 5.06. The van der Waals surface area contributed by atoms with Crippen LogP contribution in [0.2, 0.25) is 0 Å². The molecule has 2 aromatic rings. The number of guanidine groups is 1. The van der Waals surface area contributed by atoms with E-state index in [1.165, 1.54) is 0 Å². The maximum absolute atomic E-state index is 12.6. The van der Waals surface area contributed by atoms with Gasteiger partial charge in [-0.15, -0.1) is 0 Å². The summed E-state index contributed by atoms with van der Waals surface area (Å²) in [4.78, 5) is 29.3. The Labute approximate surface area is 187 Å². The van der Waals surface area contributed by atoms with Crippen molar-refractivity contribution in [1.82, 2.24) is 16.0 Å². The van der Waals surface area contributed by atoms with Crippen molar-refractivity contribution >= 4 is 29.1 Å². The van der Waals surface area contributed by atoms with Crippen molar-refractivity contribution in [2.45, 2.75) is 38.6 Å². The minimum atomic E-state index is -0.224. The SMILES string of the molecule is CC(C)NC(=O)c1cc(C#N)cc(Nc2ccc(C(=O)NC3=NCCN3)cc2C2CC2)c1. The second-order valence-electron chi connectivity index (χ2n) is 8.35. The van der Waals surface area contributed by atoms with E-state index >= 15 is 0 Å². The maximum atomic E-state index is 12.6. The Hall–Kier alpha value is -3.86. The van der Waals surface area contributed by atoms with Crippen LogP contribution in [0.1, 0.15) is 64.4 Å². The van der Waals surface area contributed by atoms with Crippen molar-refractivity contribution in [3.8, 4) is 6.07 Å². The lowest BCUT2D eigenvalue weighted by Crippen LogP contribution is -2.38. The standard InChI is InChI=1S/C24H26N6O2/c1-14(2)28-23(32)18-9-15(13-25)10-19(11-18)29-21-6-5-17(12-20(21)16-3-4-16)22(31)30-24-26-7-8-27-24/h5-6,9-12,14,16,29H,3-4,7-8H2,1-2H3,(H,28,32)(H2,26,27,30,31). The molecule has 1 aliphatic heterocycles. The number of benzene rings is 2. The molecule has 1 aliphatic carbocycles. The first-order chi connectivity index (χ1) is 15.4. The van der Waals surface area contributed by atoms with Gasteiger partial charge in [-0.2, -0.15) is 5.26 Å². The second kappa shape index (κ2) is 9.10. The van der Waals surface area contributed by atoms with E-state index in [-0.39, 0.29) is 17.9 Å². The van der Waals surface area contributed by atoms with E-state index in [1.54, 1.807) is 24.3 Å². The summed E-state index contributed by atoms with van der Waals surface area (Å²) in [6.07, 6.45) is 2.13. The number of hydrogen-bond acceptors (Lipinski definition) is 6. The van der Waals surface area contributed by atoms with Gasteiger partial charge in [0, 0.05) is 35.1 Å². The molecule has 2 aromatic carbocycles. The fraction of sp³-hybridized carbons (Fsp3) is 0.333. The lowest BCUT2D eigenvalue weighted by atomic mass is 10.0. The van der Waals surface area contributed by atoms with E-state index in [2.05, 4.69) is 32.3 Å². The fourth-order valence-electron chi connectivity index (χ4n) is 3.61. The van der Waals surface area contributed by atoms with Gasteiger partial charge in [0.05, 0.1) is 18.2 Å². The number of nitriles is 1. The van der Waals surface area contributed by atoms with Gasteiger partial charge in [-0.05, 0) is 74.6 Å². The number of nitrogens with zero attached hydrogens (tertiary/aromatic N) is 2. The van der Waals surface area contributed by atoms with Crippen molar-refractivity contribution in [2.75, 3.05) is 18.4 Å². The Morgan fingerprint density at radius 3 is 2.59 bits per heavy atom. The predicted molar refractivity (Wildman–Crippen MR) is 123 cm³/mol. The minimum Gasteiger partial charge on any atom is -0.355 e. The first kappa shape index (κ1) is 21.4. The minimum absolute atomic E-state index is 0.00444. The van der Waals surface area contributed by atoms with Crippen molar-refractivity contribution in [1.29, 1.82) is 5.26 Å². The molecular weight excluding hydrogens is 404 g/mol. The van der Waals surface area contributed by atoms with E-state index in [0.29, 0.717) is 40.8 Å². The predicted octanol–water partition coefficient (Wildman–Crippen LogP) is 3.01.